The lowest BCUT2D eigenvalue weighted by molar-refractivity contribution is 0.187. The molecule has 0 aliphatic rings. The van der Waals surface area contributed by atoms with Gasteiger partial charge in [-0.3, -0.25) is 5.32 Å². The van der Waals surface area contributed by atoms with Crippen LogP contribution in [-0.2, 0) is 11.3 Å². The van der Waals surface area contributed by atoms with Crippen molar-refractivity contribution in [1.82, 2.24) is 0 Å². The molecule has 110 valence electrons. The number of hydrogen-bond acceptors (Lipinski definition) is 3. The molecule has 0 spiro atoms. The summed E-state index contributed by atoms with van der Waals surface area (Å²) in [6.45, 7) is 0.542. The van der Waals surface area contributed by atoms with Gasteiger partial charge in [0.05, 0.1) is 11.6 Å². The number of carbonyl (C=O) groups excluding carboxylic acids is 1. The molecule has 0 fully saturated rings. The van der Waals surface area contributed by atoms with Crippen LogP contribution in [0.5, 0.6) is 0 Å². The zero-order valence-corrected chi connectivity index (χ0v) is 12.9. The van der Waals surface area contributed by atoms with Crippen molar-refractivity contribution >= 4 is 33.4 Å². The quantitative estimate of drug-likeness (QED) is 0.858. The number of anilines is 2. The lowest BCUT2D eigenvalue weighted by atomic mass is 10.2. The van der Waals surface area contributed by atoms with E-state index in [9.17, 15) is 9.18 Å². The molecule has 6 heteroatoms. The number of benzene rings is 2. The van der Waals surface area contributed by atoms with E-state index in [1.165, 1.54) is 13.2 Å². The first-order chi connectivity index (χ1) is 10.1. The van der Waals surface area contributed by atoms with E-state index in [4.69, 9.17) is 0 Å². The van der Waals surface area contributed by atoms with Gasteiger partial charge in [0, 0.05) is 17.9 Å². The standard InChI is InChI=1S/C15H14BrFN2O2/c1-21-15(20)19-12-4-2-3-11(8-12)18-9-10-5-6-14(17)13(16)7-10/h2-8,18H,9H2,1H3,(H,19,20). The van der Waals surface area contributed by atoms with Crippen molar-refractivity contribution in [3.63, 3.8) is 0 Å². The summed E-state index contributed by atoms with van der Waals surface area (Å²) in [5, 5.41) is 5.79. The van der Waals surface area contributed by atoms with Crippen LogP contribution >= 0.6 is 15.9 Å². The third-order valence-corrected chi connectivity index (χ3v) is 3.38. The Kier molecular flexibility index (Phi) is 5.16. The molecule has 2 rings (SSSR count). The lowest BCUT2D eigenvalue weighted by Crippen LogP contribution is -2.11. The van der Waals surface area contributed by atoms with Gasteiger partial charge in [-0.25, -0.2) is 9.18 Å². The first-order valence-electron chi connectivity index (χ1n) is 6.21. The number of methoxy groups -OCH3 is 1. The maximum Gasteiger partial charge on any atom is 0.411 e. The molecule has 0 aromatic heterocycles. The smallest absolute Gasteiger partial charge is 0.411 e. The summed E-state index contributed by atoms with van der Waals surface area (Å²) in [7, 11) is 1.31. The maximum absolute atomic E-state index is 13.2. The molecule has 2 aromatic rings. The Balaban J connectivity index is 2.01. The Morgan fingerprint density at radius 1 is 1.24 bits per heavy atom. The van der Waals surface area contributed by atoms with Crippen LogP contribution in [0.3, 0.4) is 0 Å². The minimum Gasteiger partial charge on any atom is -0.453 e. The van der Waals surface area contributed by atoms with E-state index >= 15 is 0 Å². The van der Waals surface area contributed by atoms with Gasteiger partial charge >= 0.3 is 6.09 Å². The van der Waals surface area contributed by atoms with Gasteiger partial charge in [-0.05, 0) is 51.8 Å². The molecule has 0 unspecified atom stereocenters. The van der Waals surface area contributed by atoms with E-state index in [2.05, 4.69) is 31.3 Å². The molecule has 0 radical (unpaired) electrons. The van der Waals surface area contributed by atoms with Gasteiger partial charge in [0.1, 0.15) is 5.82 Å². The number of amides is 1. The SMILES string of the molecule is COC(=O)Nc1cccc(NCc2ccc(F)c(Br)c2)c1. The van der Waals surface area contributed by atoms with Gasteiger partial charge in [0.25, 0.3) is 0 Å². The van der Waals surface area contributed by atoms with Gasteiger partial charge in [-0.1, -0.05) is 12.1 Å². The minimum absolute atomic E-state index is 0.289. The largest absolute Gasteiger partial charge is 0.453 e. The Bertz CT molecular complexity index is 649. The first kappa shape index (κ1) is 15.3. The minimum atomic E-state index is -0.519. The van der Waals surface area contributed by atoms with Crippen LogP contribution < -0.4 is 10.6 Å². The monoisotopic (exact) mass is 352 g/mol. The van der Waals surface area contributed by atoms with Crippen molar-refractivity contribution in [1.29, 1.82) is 0 Å². The van der Waals surface area contributed by atoms with Gasteiger partial charge < -0.3 is 10.1 Å². The summed E-state index contributed by atoms with van der Waals surface area (Å²) >= 11 is 3.15. The second-order valence-corrected chi connectivity index (χ2v) is 5.15. The summed E-state index contributed by atoms with van der Waals surface area (Å²) in [4.78, 5) is 11.1. The van der Waals surface area contributed by atoms with Crippen molar-refractivity contribution in [2.45, 2.75) is 6.54 Å². The Labute approximate surface area is 130 Å². The molecule has 4 nitrogen and oxygen atoms in total. The molecule has 1 amide bonds. The average molecular weight is 353 g/mol. The summed E-state index contributed by atoms with van der Waals surface area (Å²) in [5.41, 5.74) is 2.41. The van der Waals surface area contributed by atoms with E-state index < -0.39 is 6.09 Å². The highest BCUT2D eigenvalue weighted by molar-refractivity contribution is 9.10. The van der Waals surface area contributed by atoms with Gasteiger partial charge in [0.15, 0.2) is 0 Å². The fourth-order valence-electron chi connectivity index (χ4n) is 1.73. The highest BCUT2D eigenvalue weighted by Crippen LogP contribution is 2.19. The van der Waals surface area contributed by atoms with Crippen molar-refractivity contribution < 1.29 is 13.9 Å². The summed E-state index contributed by atoms with van der Waals surface area (Å²) in [5.74, 6) is -0.289. The molecule has 0 heterocycles. The molecule has 0 atom stereocenters. The van der Waals surface area contributed by atoms with Crippen molar-refractivity contribution in [2.24, 2.45) is 0 Å². The third-order valence-electron chi connectivity index (χ3n) is 2.78. The number of ether oxygens (including phenoxy) is 1. The van der Waals surface area contributed by atoms with Crippen LogP contribution in [-0.4, -0.2) is 13.2 Å². The number of carbonyl (C=O) groups is 1. The predicted octanol–water partition coefficient (Wildman–Crippen LogP) is 4.38. The maximum atomic E-state index is 13.2. The normalized spacial score (nSPS) is 10.0. The Morgan fingerprint density at radius 3 is 2.71 bits per heavy atom. The molecule has 2 N–H and O–H groups in total. The zero-order chi connectivity index (χ0) is 15.2. The van der Waals surface area contributed by atoms with E-state index in [0.29, 0.717) is 16.7 Å². The molecule has 0 saturated carbocycles. The van der Waals surface area contributed by atoms with Crippen LogP contribution in [0.4, 0.5) is 20.6 Å². The molecular weight excluding hydrogens is 339 g/mol. The Morgan fingerprint density at radius 2 is 2.00 bits per heavy atom. The third kappa shape index (κ3) is 4.46. The van der Waals surface area contributed by atoms with Crippen LogP contribution in [0, 0.1) is 5.82 Å². The van der Waals surface area contributed by atoms with Crippen molar-refractivity contribution in [3.8, 4) is 0 Å². The fourth-order valence-corrected chi connectivity index (χ4v) is 2.16. The van der Waals surface area contributed by atoms with E-state index in [1.807, 2.05) is 12.1 Å². The predicted molar refractivity (Wildman–Crippen MR) is 83.9 cm³/mol. The zero-order valence-electron chi connectivity index (χ0n) is 11.3. The van der Waals surface area contributed by atoms with Crippen LogP contribution in [0.2, 0.25) is 0 Å². The number of halogens is 2. The van der Waals surface area contributed by atoms with Crippen molar-refractivity contribution in [3.05, 3.63) is 58.3 Å². The van der Waals surface area contributed by atoms with Crippen LogP contribution in [0.15, 0.2) is 46.9 Å². The topological polar surface area (TPSA) is 50.4 Å². The summed E-state index contributed by atoms with van der Waals surface area (Å²) in [6, 6.07) is 12.1. The summed E-state index contributed by atoms with van der Waals surface area (Å²) in [6.07, 6.45) is -0.519. The fraction of sp³-hybridized carbons (Fsp3) is 0.133. The number of nitrogens with one attached hydrogen (secondary N) is 2. The summed E-state index contributed by atoms with van der Waals surface area (Å²) < 4.78 is 18.1. The van der Waals surface area contributed by atoms with E-state index in [-0.39, 0.29) is 5.82 Å². The molecule has 2 aromatic carbocycles. The highest BCUT2D eigenvalue weighted by Gasteiger charge is 2.03. The van der Waals surface area contributed by atoms with Crippen LogP contribution in [0.25, 0.3) is 0 Å². The second kappa shape index (κ2) is 7.08. The molecular formula is C15H14BrFN2O2. The average Bonchev–Trinajstić information content (AvgIpc) is 2.49. The second-order valence-electron chi connectivity index (χ2n) is 4.30. The number of rotatable bonds is 4. The van der Waals surface area contributed by atoms with Gasteiger partial charge in [-0.2, -0.15) is 0 Å². The molecule has 0 bridgehead atoms. The molecule has 0 saturated heterocycles. The Hall–Kier alpha value is -2.08. The molecule has 0 aliphatic carbocycles. The first-order valence-corrected chi connectivity index (χ1v) is 7.00. The van der Waals surface area contributed by atoms with E-state index in [1.54, 1.807) is 24.3 Å². The van der Waals surface area contributed by atoms with Crippen LogP contribution in [0.1, 0.15) is 5.56 Å². The molecule has 21 heavy (non-hydrogen) atoms. The molecule has 0 aliphatic heterocycles. The van der Waals surface area contributed by atoms with Crippen molar-refractivity contribution in [2.75, 3.05) is 17.7 Å². The van der Waals surface area contributed by atoms with Gasteiger partial charge in [-0.15, -0.1) is 0 Å². The lowest BCUT2D eigenvalue weighted by Gasteiger charge is -2.09. The highest BCUT2D eigenvalue weighted by atomic mass is 79.9. The van der Waals surface area contributed by atoms with E-state index in [0.717, 1.165) is 11.3 Å². The van der Waals surface area contributed by atoms with Gasteiger partial charge in [0.2, 0.25) is 0 Å². The number of hydrogen-bond donors (Lipinski definition) is 2.